The van der Waals surface area contributed by atoms with Gasteiger partial charge in [-0.1, -0.05) is 6.92 Å². The fourth-order valence-corrected chi connectivity index (χ4v) is 2.25. The van der Waals surface area contributed by atoms with Crippen molar-refractivity contribution in [2.24, 2.45) is 0 Å². The Balaban J connectivity index is 2.26. The summed E-state index contributed by atoms with van der Waals surface area (Å²) < 4.78 is 6.34. The normalized spacial score (nSPS) is 10.6. The van der Waals surface area contributed by atoms with Gasteiger partial charge in [-0.15, -0.1) is 0 Å². The standard InChI is InChI=1S/C13H13BrN2O3/c1-2-15-8-10-4-6-13(19-10)11-5-3-9(16(17)18)7-12(11)14/h3-7,15H,2,8H2,1H3. The lowest BCUT2D eigenvalue weighted by molar-refractivity contribution is -0.384. The minimum Gasteiger partial charge on any atom is -0.460 e. The summed E-state index contributed by atoms with van der Waals surface area (Å²) in [5.74, 6) is 1.52. The molecule has 0 radical (unpaired) electrons. The minimum atomic E-state index is -0.423. The van der Waals surface area contributed by atoms with E-state index in [-0.39, 0.29) is 5.69 Å². The maximum Gasteiger partial charge on any atom is 0.270 e. The smallest absolute Gasteiger partial charge is 0.270 e. The second-order valence-corrected chi connectivity index (χ2v) is 4.82. The molecule has 100 valence electrons. The summed E-state index contributed by atoms with van der Waals surface area (Å²) in [5.41, 5.74) is 0.850. The Morgan fingerprint density at radius 2 is 2.16 bits per heavy atom. The SMILES string of the molecule is CCNCc1ccc(-c2ccc([N+](=O)[O-])cc2Br)o1. The predicted octanol–water partition coefficient (Wildman–Crippen LogP) is 3.73. The molecular weight excluding hydrogens is 312 g/mol. The van der Waals surface area contributed by atoms with Gasteiger partial charge in [0.25, 0.3) is 5.69 Å². The fourth-order valence-electron chi connectivity index (χ4n) is 1.68. The van der Waals surface area contributed by atoms with Crippen LogP contribution in [0.3, 0.4) is 0 Å². The van der Waals surface area contributed by atoms with Crippen molar-refractivity contribution in [1.82, 2.24) is 5.32 Å². The Bertz CT molecular complexity index is 595. The quantitative estimate of drug-likeness (QED) is 0.672. The zero-order chi connectivity index (χ0) is 13.8. The van der Waals surface area contributed by atoms with Gasteiger partial charge in [0.15, 0.2) is 0 Å². The first-order valence-electron chi connectivity index (χ1n) is 5.85. The van der Waals surface area contributed by atoms with E-state index in [0.29, 0.717) is 16.8 Å². The number of furan rings is 1. The molecule has 5 nitrogen and oxygen atoms in total. The van der Waals surface area contributed by atoms with Crippen molar-refractivity contribution in [1.29, 1.82) is 0 Å². The van der Waals surface area contributed by atoms with E-state index in [0.717, 1.165) is 17.9 Å². The highest BCUT2D eigenvalue weighted by atomic mass is 79.9. The van der Waals surface area contributed by atoms with Gasteiger partial charge in [0.1, 0.15) is 11.5 Å². The van der Waals surface area contributed by atoms with E-state index in [4.69, 9.17) is 4.42 Å². The van der Waals surface area contributed by atoms with E-state index < -0.39 is 4.92 Å². The molecule has 0 bridgehead atoms. The van der Waals surface area contributed by atoms with Gasteiger partial charge >= 0.3 is 0 Å². The second-order valence-electron chi connectivity index (χ2n) is 3.97. The van der Waals surface area contributed by atoms with Crippen molar-refractivity contribution in [3.63, 3.8) is 0 Å². The van der Waals surface area contributed by atoms with E-state index in [2.05, 4.69) is 21.2 Å². The number of hydrogen-bond acceptors (Lipinski definition) is 4. The van der Waals surface area contributed by atoms with E-state index in [1.807, 2.05) is 19.1 Å². The molecule has 0 spiro atoms. The molecule has 2 aromatic rings. The van der Waals surface area contributed by atoms with Crippen molar-refractivity contribution in [2.45, 2.75) is 13.5 Å². The Morgan fingerprint density at radius 1 is 1.37 bits per heavy atom. The Morgan fingerprint density at radius 3 is 2.79 bits per heavy atom. The lowest BCUT2D eigenvalue weighted by Gasteiger charge is -2.01. The van der Waals surface area contributed by atoms with Gasteiger partial charge in [-0.25, -0.2) is 0 Å². The average molecular weight is 325 g/mol. The summed E-state index contributed by atoms with van der Waals surface area (Å²) in [6.45, 7) is 3.56. The van der Waals surface area contributed by atoms with E-state index in [1.54, 1.807) is 6.07 Å². The first kappa shape index (κ1) is 13.8. The van der Waals surface area contributed by atoms with Crippen molar-refractivity contribution >= 4 is 21.6 Å². The highest BCUT2D eigenvalue weighted by molar-refractivity contribution is 9.10. The van der Waals surface area contributed by atoms with Crippen molar-refractivity contribution in [2.75, 3.05) is 6.54 Å². The predicted molar refractivity (Wildman–Crippen MR) is 75.9 cm³/mol. The van der Waals surface area contributed by atoms with Crippen LogP contribution in [0.25, 0.3) is 11.3 Å². The average Bonchev–Trinajstić information content (AvgIpc) is 2.84. The van der Waals surface area contributed by atoms with Crippen LogP contribution < -0.4 is 5.32 Å². The summed E-state index contributed by atoms with van der Waals surface area (Å²) in [7, 11) is 0. The molecule has 1 N–H and O–H groups in total. The van der Waals surface area contributed by atoms with Gasteiger partial charge in [-0.3, -0.25) is 10.1 Å². The van der Waals surface area contributed by atoms with Gasteiger partial charge in [0.05, 0.1) is 11.5 Å². The molecule has 6 heteroatoms. The zero-order valence-corrected chi connectivity index (χ0v) is 11.9. The lowest BCUT2D eigenvalue weighted by atomic mass is 10.1. The molecule has 0 atom stereocenters. The number of nitro benzene ring substituents is 1. The van der Waals surface area contributed by atoms with E-state index >= 15 is 0 Å². The molecule has 0 fully saturated rings. The first-order valence-corrected chi connectivity index (χ1v) is 6.65. The minimum absolute atomic E-state index is 0.0510. The van der Waals surface area contributed by atoms with Crippen LogP contribution >= 0.6 is 15.9 Å². The van der Waals surface area contributed by atoms with Crippen molar-refractivity contribution < 1.29 is 9.34 Å². The fraction of sp³-hybridized carbons (Fsp3) is 0.231. The Kier molecular flexibility index (Phi) is 4.34. The van der Waals surface area contributed by atoms with Gasteiger partial charge in [-0.2, -0.15) is 0 Å². The third-order valence-electron chi connectivity index (χ3n) is 2.64. The first-order chi connectivity index (χ1) is 9.11. The number of non-ortho nitro benzene ring substituents is 1. The molecule has 0 aliphatic carbocycles. The molecule has 1 heterocycles. The summed E-state index contributed by atoms with van der Waals surface area (Å²) in [6.07, 6.45) is 0. The van der Waals surface area contributed by atoms with E-state index in [1.165, 1.54) is 12.1 Å². The molecule has 0 unspecified atom stereocenters. The molecule has 0 aliphatic rings. The Hall–Kier alpha value is -1.66. The van der Waals surface area contributed by atoms with Crippen LogP contribution in [0.2, 0.25) is 0 Å². The van der Waals surface area contributed by atoms with Crippen LogP contribution in [0.1, 0.15) is 12.7 Å². The van der Waals surface area contributed by atoms with Crippen molar-refractivity contribution in [3.05, 3.63) is 50.7 Å². The van der Waals surface area contributed by atoms with Gasteiger partial charge in [-0.05, 0) is 40.7 Å². The third kappa shape index (κ3) is 3.21. The highest BCUT2D eigenvalue weighted by Crippen LogP contribution is 2.32. The number of nitrogens with one attached hydrogen (secondary N) is 1. The molecule has 0 saturated heterocycles. The lowest BCUT2D eigenvalue weighted by Crippen LogP contribution is -2.10. The van der Waals surface area contributed by atoms with Crippen LogP contribution in [0.5, 0.6) is 0 Å². The molecule has 19 heavy (non-hydrogen) atoms. The van der Waals surface area contributed by atoms with Gasteiger partial charge in [0.2, 0.25) is 0 Å². The number of hydrogen-bond donors (Lipinski definition) is 1. The molecule has 1 aromatic heterocycles. The van der Waals surface area contributed by atoms with Crippen LogP contribution in [0.4, 0.5) is 5.69 Å². The maximum atomic E-state index is 10.7. The van der Waals surface area contributed by atoms with Crippen LogP contribution in [-0.2, 0) is 6.54 Å². The van der Waals surface area contributed by atoms with Crippen molar-refractivity contribution in [3.8, 4) is 11.3 Å². The maximum absolute atomic E-state index is 10.7. The zero-order valence-electron chi connectivity index (χ0n) is 10.4. The monoisotopic (exact) mass is 324 g/mol. The number of nitro groups is 1. The number of rotatable bonds is 5. The second kappa shape index (κ2) is 5.99. The summed E-state index contributed by atoms with van der Waals surface area (Å²) >= 11 is 3.33. The topological polar surface area (TPSA) is 68.3 Å². The highest BCUT2D eigenvalue weighted by Gasteiger charge is 2.13. The molecule has 1 aromatic carbocycles. The number of benzene rings is 1. The van der Waals surface area contributed by atoms with Gasteiger partial charge < -0.3 is 9.73 Å². The molecule has 0 amide bonds. The molecular formula is C13H13BrN2O3. The third-order valence-corrected chi connectivity index (χ3v) is 3.30. The summed E-state index contributed by atoms with van der Waals surface area (Å²) in [6, 6.07) is 8.37. The summed E-state index contributed by atoms with van der Waals surface area (Å²) in [5, 5.41) is 13.8. The largest absolute Gasteiger partial charge is 0.460 e. The molecule has 2 rings (SSSR count). The van der Waals surface area contributed by atoms with E-state index in [9.17, 15) is 10.1 Å². The number of nitrogens with zero attached hydrogens (tertiary/aromatic N) is 1. The Labute approximate surface area is 118 Å². The summed E-state index contributed by atoms with van der Waals surface area (Å²) in [4.78, 5) is 10.3. The molecule has 0 saturated carbocycles. The number of halogens is 1. The van der Waals surface area contributed by atoms with Crippen LogP contribution in [0, 0.1) is 10.1 Å². The van der Waals surface area contributed by atoms with Crippen LogP contribution in [-0.4, -0.2) is 11.5 Å². The van der Waals surface area contributed by atoms with Gasteiger partial charge in [0, 0.05) is 22.2 Å². The molecule has 0 aliphatic heterocycles. The van der Waals surface area contributed by atoms with Crippen LogP contribution in [0.15, 0.2) is 39.2 Å².